The van der Waals surface area contributed by atoms with E-state index in [9.17, 15) is 19.2 Å². The molecular weight excluding hydrogens is 350 g/mol. The summed E-state index contributed by atoms with van der Waals surface area (Å²) >= 11 is 0. The van der Waals surface area contributed by atoms with Crippen LogP contribution in [0.15, 0.2) is 24.3 Å². The zero-order valence-corrected chi connectivity index (χ0v) is 15.4. The fourth-order valence-electron chi connectivity index (χ4n) is 3.75. The van der Waals surface area contributed by atoms with Crippen molar-refractivity contribution in [1.82, 2.24) is 15.3 Å². The summed E-state index contributed by atoms with van der Waals surface area (Å²) in [4.78, 5) is 51.6. The minimum atomic E-state index is -1.12. The highest BCUT2D eigenvalue weighted by Gasteiger charge is 2.48. The van der Waals surface area contributed by atoms with E-state index in [0.717, 1.165) is 16.0 Å². The molecule has 2 atom stereocenters. The summed E-state index contributed by atoms with van der Waals surface area (Å²) in [7, 11) is 0. The van der Waals surface area contributed by atoms with E-state index >= 15 is 0 Å². The number of hydrogen-bond donors (Lipinski definition) is 2. The number of nitrogens with zero attached hydrogens (tertiary/aromatic N) is 2. The average Bonchev–Trinajstić information content (AvgIpc) is 3.13. The molecule has 144 valence electrons. The van der Waals surface area contributed by atoms with Gasteiger partial charge in [0.2, 0.25) is 17.7 Å². The molecule has 0 spiro atoms. The number of rotatable bonds is 5. The molecular formula is C19H23N3O5. The predicted octanol–water partition coefficient (Wildman–Crippen LogP) is 0.508. The van der Waals surface area contributed by atoms with E-state index in [-0.39, 0.29) is 43.7 Å². The Labute approximate surface area is 157 Å². The predicted molar refractivity (Wildman–Crippen MR) is 94.5 cm³/mol. The SMILES string of the molecule is Cc1ccc(C2(C)CCN([C@H](CN3C(=O)CCC3=O)C(=O)NO)C2=O)cc1. The molecule has 2 aliphatic heterocycles. The van der Waals surface area contributed by atoms with Crippen molar-refractivity contribution in [2.24, 2.45) is 0 Å². The minimum Gasteiger partial charge on any atom is -0.328 e. The average molecular weight is 373 g/mol. The maximum atomic E-state index is 13.2. The van der Waals surface area contributed by atoms with E-state index in [1.807, 2.05) is 38.1 Å². The second-order valence-electron chi connectivity index (χ2n) is 7.34. The molecule has 2 N–H and O–H groups in total. The quantitative estimate of drug-likeness (QED) is 0.444. The molecule has 1 aromatic rings. The van der Waals surface area contributed by atoms with Crippen molar-refractivity contribution in [3.05, 3.63) is 35.4 Å². The molecule has 2 aliphatic rings. The smallest absolute Gasteiger partial charge is 0.267 e. The van der Waals surface area contributed by atoms with Gasteiger partial charge in [-0.3, -0.25) is 29.3 Å². The number of carbonyl (C=O) groups excluding carboxylic acids is 4. The molecule has 1 unspecified atom stereocenters. The van der Waals surface area contributed by atoms with E-state index in [1.54, 1.807) is 5.48 Å². The van der Waals surface area contributed by atoms with Gasteiger partial charge in [-0.15, -0.1) is 0 Å². The van der Waals surface area contributed by atoms with Gasteiger partial charge in [-0.1, -0.05) is 29.8 Å². The van der Waals surface area contributed by atoms with Crippen LogP contribution in [0.25, 0.3) is 0 Å². The van der Waals surface area contributed by atoms with Gasteiger partial charge in [-0.05, 0) is 25.8 Å². The first-order valence-electron chi connectivity index (χ1n) is 8.93. The molecule has 0 aromatic heterocycles. The van der Waals surface area contributed by atoms with Gasteiger partial charge in [0, 0.05) is 19.4 Å². The van der Waals surface area contributed by atoms with Crippen molar-refractivity contribution in [2.45, 2.75) is 44.6 Å². The normalized spacial score (nSPS) is 23.9. The summed E-state index contributed by atoms with van der Waals surface area (Å²) in [6, 6.07) is 6.52. The third-order valence-electron chi connectivity index (χ3n) is 5.57. The Kier molecular flexibility index (Phi) is 5.01. The molecule has 0 radical (unpaired) electrons. The second kappa shape index (κ2) is 7.11. The number of nitrogens with one attached hydrogen (secondary N) is 1. The summed E-state index contributed by atoms with van der Waals surface area (Å²) in [6.07, 6.45) is 0.689. The van der Waals surface area contributed by atoms with Crippen molar-refractivity contribution in [2.75, 3.05) is 13.1 Å². The molecule has 8 heteroatoms. The lowest BCUT2D eigenvalue weighted by Gasteiger charge is -2.31. The Balaban J connectivity index is 1.86. The monoisotopic (exact) mass is 373 g/mol. The van der Waals surface area contributed by atoms with Crippen LogP contribution in [0.4, 0.5) is 0 Å². The van der Waals surface area contributed by atoms with E-state index in [0.29, 0.717) is 6.42 Å². The Bertz CT molecular complexity index is 775. The highest BCUT2D eigenvalue weighted by atomic mass is 16.5. The van der Waals surface area contributed by atoms with E-state index < -0.39 is 17.4 Å². The van der Waals surface area contributed by atoms with Crippen molar-refractivity contribution >= 4 is 23.6 Å². The van der Waals surface area contributed by atoms with Crippen LogP contribution in [0.3, 0.4) is 0 Å². The number of likely N-dealkylation sites (tertiary alicyclic amines) is 2. The molecule has 2 heterocycles. The number of amides is 4. The second-order valence-corrected chi connectivity index (χ2v) is 7.34. The van der Waals surface area contributed by atoms with Crippen molar-refractivity contribution in [1.29, 1.82) is 0 Å². The Morgan fingerprint density at radius 3 is 2.33 bits per heavy atom. The lowest BCUT2D eigenvalue weighted by Crippen LogP contribution is -2.55. The number of aryl methyl sites for hydroxylation is 1. The van der Waals surface area contributed by atoms with Crippen LogP contribution in [0.2, 0.25) is 0 Å². The minimum absolute atomic E-state index is 0.0985. The lowest BCUT2D eigenvalue weighted by molar-refractivity contribution is -0.148. The maximum absolute atomic E-state index is 13.2. The summed E-state index contributed by atoms with van der Waals surface area (Å²) < 4.78 is 0. The zero-order chi connectivity index (χ0) is 19.8. The molecule has 0 saturated carbocycles. The standard InChI is InChI=1S/C19H23N3O5/c1-12-3-5-13(6-4-12)19(2)9-10-21(18(19)26)14(17(25)20-27)11-22-15(23)7-8-16(22)24/h3-6,14,27H,7-11H2,1-2H3,(H,20,25)/t14-,19?/m1/s1. The van der Waals surface area contributed by atoms with Crippen molar-refractivity contribution < 1.29 is 24.4 Å². The van der Waals surface area contributed by atoms with Crippen LogP contribution in [0.5, 0.6) is 0 Å². The molecule has 27 heavy (non-hydrogen) atoms. The van der Waals surface area contributed by atoms with Gasteiger partial charge in [0.05, 0.1) is 12.0 Å². The number of imide groups is 1. The Morgan fingerprint density at radius 2 is 1.78 bits per heavy atom. The van der Waals surface area contributed by atoms with Crippen LogP contribution in [-0.2, 0) is 24.6 Å². The molecule has 0 bridgehead atoms. The first kappa shape index (κ1) is 19.0. The number of benzene rings is 1. The first-order chi connectivity index (χ1) is 12.8. The fourth-order valence-corrected chi connectivity index (χ4v) is 3.75. The van der Waals surface area contributed by atoms with Gasteiger partial charge < -0.3 is 4.90 Å². The number of carbonyl (C=O) groups is 4. The molecule has 2 saturated heterocycles. The number of hydroxylamine groups is 1. The van der Waals surface area contributed by atoms with Gasteiger partial charge in [-0.2, -0.15) is 0 Å². The summed E-state index contributed by atoms with van der Waals surface area (Å²) in [5.41, 5.74) is 2.68. The maximum Gasteiger partial charge on any atom is 0.267 e. The van der Waals surface area contributed by atoms with Crippen LogP contribution in [0.1, 0.15) is 37.3 Å². The lowest BCUT2D eigenvalue weighted by atomic mass is 9.81. The van der Waals surface area contributed by atoms with E-state index in [4.69, 9.17) is 5.21 Å². The van der Waals surface area contributed by atoms with Gasteiger partial charge in [-0.25, -0.2) is 5.48 Å². The van der Waals surface area contributed by atoms with E-state index in [2.05, 4.69) is 0 Å². The number of hydrogen-bond acceptors (Lipinski definition) is 5. The molecule has 3 rings (SSSR count). The molecule has 0 aliphatic carbocycles. The highest BCUT2D eigenvalue weighted by molar-refractivity contribution is 6.03. The first-order valence-corrected chi connectivity index (χ1v) is 8.93. The van der Waals surface area contributed by atoms with Crippen LogP contribution in [-0.4, -0.2) is 57.8 Å². The van der Waals surface area contributed by atoms with Gasteiger partial charge in [0.15, 0.2) is 0 Å². The van der Waals surface area contributed by atoms with Gasteiger partial charge in [0.1, 0.15) is 6.04 Å². The van der Waals surface area contributed by atoms with Gasteiger partial charge >= 0.3 is 0 Å². The third kappa shape index (κ3) is 3.32. The highest BCUT2D eigenvalue weighted by Crippen LogP contribution is 2.36. The molecule has 1 aromatic carbocycles. The molecule has 4 amide bonds. The van der Waals surface area contributed by atoms with Crippen LogP contribution < -0.4 is 5.48 Å². The largest absolute Gasteiger partial charge is 0.328 e. The Morgan fingerprint density at radius 1 is 1.19 bits per heavy atom. The van der Waals surface area contributed by atoms with Gasteiger partial charge in [0.25, 0.3) is 5.91 Å². The summed E-state index contributed by atoms with van der Waals surface area (Å²) in [6.45, 7) is 3.82. The van der Waals surface area contributed by atoms with Crippen LogP contribution in [0, 0.1) is 6.92 Å². The molecule has 8 nitrogen and oxygen atoms in total. The zero-order valence-electron chi connectivity index (χ0n) is 15.4. The topological polar surface area (TPSA) is 107 Å². The van der Waals surface area contributed by atoms with Crippen molar-refractivity contribution in [3.8, 4) is 0 Å². The molecule has 2 fully saturated rings. The summed E-state index contributed by atoms with van der Waals surface area (Å²) in [5, 5.41) is 9.11. The van der Waals surface area contributed by atoms with Crippen LogP contribution >= 0.6 is 0 Å². The Hall–Kier alpha value is -2.74. The van der Waals surface area contributed by atoms with Crippen molar-refractivity contribution in [3.63, 3.8) is 0 Å². The third-order valence-corrected chi connectivity index (χ3v) is 5.57. The fraction of sp³-hybridized carbons (Fsp3) is 0.474. The summed E-state index contributed by atoms with van der Waals surface area (Å²) in [5.74, 6) is -1.82. The van der Waals surface area contributed by atoms with E-state index in [1.165, 1.54) is 4.90 Å².